The number of rotatable bonds is 2. The van der Waals surface area contributed by atoms with E-state index >= 15 is 0 Å². The predicted octanol–water partition coefficient (Wildman–Crippen LogP) is 2.60. The molecule has 0 radical (unpaired) electrons. The summed E-state index contributed by atoms with van der Waals surface area (Å²) in [5.74, 6) is -0.322. The lowest BCUT2D eigenvalue weighted by molar-refractivity contribution is 0.102. The van der Waals surface area contributed by atoms with Gasteiger partial charge in [-0.1, -0.05) is 27.5 Å². The van der Waals surface area contributed by atoms with Crippen molar-refractivity contribution < 1.29 is 4.79 Å². The number of carbonyl (C=O) groups is 1. The van der Waals surface area contributed by atoms with Gasteiger partial charge in [0.1, 0.15) is 5.52 Å². The molecule has 0 bridgehead atoms. The number of H-pyrrole nitrogens is 1. The minimum atomic E-state index is -0.394. The van der Waals surface area contributed by atoms with Gasteiger partial charge >= 0.3 is 0 Å². The molecule has 0 aliphatic carbocycles. The molecule has 106 valence electrons. The lowest BCUT2D eigenvalue weighted by Gasteiger charge is -2.05. The SMILES string of the molecule is Nc1cc(Br)cc(C(=O)Nc2nc(Cl)c3[nH]cnc3n2)c1. The number of aromatic nitrogens is 4. The first-order valence-electron chi connectivity index (χ1n) is 5.77. The molecule has 0 atom stereocenters. The Morgan fingerprint density at radius 2 is 2.14 bits per heavy atom. The maximum absolute atomic E-state index is 12.2. The van der Waals surface area contributed by atoms with Crippen molar-refractivity contribution in [3.05, 3.63) is 39.7 Å². The standard InChI is InChI=1S/C12H8BrClN6O/c13-6-1-5(2-7(15)3-6)11(21)20-12-18-9(14)8-10(19-12)17-4-16-8/h1-4H,15H2,(H2,16,17,18,19,20,21). The summed E-state index contributed by atoms with van der Waals surface area (Å²) in [6.07, 6.45) is 1.45. The average molecular weight is 368 g/mol. The summed E-state index contributed by atoms with van der Waals surface area (Å²) in [5.41, 5.74) is 7.44. The summed E-state index contributed by atoms with van der Waals surface area (Å²) in [7, 11) is 0. The number of nitrogens with one attached hydrogen (secondary N) is 2. The fourth-order valence-electron chi connectivity index (χ4n) is 1.77. The Hall–Kier alpha value is -2.19. The van der Waals surface area contributed by atoms with Crippen LogP contribution in [0.15, 0.2) is 29.0 Å². The summed E-state index contributed by atoms with van der Waals surface area (Å²) < 4.78 is 0.703. The summed E-state index contributed by atoms with van der Waals surface area (Å²) in [5, 5.41) is 2.74. The fraction of sp³-hybridized carbons (Fsp3) is 0. The normalized spacial score (nSPS) is 10.8. The molecule has 0 aliphatic heterocycles. The van der Waals surface area contributed by atoms with Gasteiger partial charge in [0.25, 0.3) is 5.91 Å². The molecule has 3 aromatic rings. The first kappa shape index (κ1) is 13.8. The Labute approximate surface area is 132 Å². The maximum atomic E-state index is 12.2. The van der Waals surface area contributed by atoms with Gasteiger partial charge in [-0.2, -0.15) is 9.97 Å². The predicted molar refractivity (Wildman–Crippen MR) is 83.2 cm³/mol. The third-order valence-corrected chi connectivity index (χ3v) is 3.38. The van der Waals surface area contributed by atoms with Crippen LogP contribution in [0.3, 0.4) is 0 Å². The third-order valence-electron chi connectivity index (χ3n) is 2.65. The number of nitrogens with zero attached hydrogens (tertiary/aromatic N) is 3. The molecule has 0 unspecified atom stereocenters. The Bertz CT molecular complexity index is 829. The molecule has 2 heterocycles. The van der Waals surface area contributed by atoms with Crippen molar-refractivity contribution in [3.63, 3.8) is 0 Å². The van der Waals surface area contributed by atoms with Crippen LogP contribution >= 0.6 is 27.5 Å². The number of amides is 1. The highest BCUT2D eigenvalue weighted by molar-refractivity contribution is 9.10. The van der Waals surface area contributed by atoms with E-state index in [0.717, 1.165) is 0 Å². The lowest BCUT2D eigenvalue weighted by Crippen LogP contribution is -2.14. The van der Waals surface area contributed by atoms with E-state index in [1.54, 1.807) is 18.2 Å². The third kappa shape index (κ3) is 2.81. The highest BCUT2D eigenvalue weighted by atomic mass is 79.9. The largest absolute Gasteiger partial charge is 0.399 e. The monoisotopic (exact) mass is 366 g/mol. The van der Waals surface area contributed by atoms with Gasteiger partial charge in [0, 0.05) is 15.7 Å². The van der Waals surface area contributed by atoms with Crippen molar-refractivity contribution in [1.82, 2.24) is 19.9 Å². The van der Waals surface area contributed by atoms with Crippen LogP contribution in [-0.2, 0) is 0 Å². The molecule has 0 saturated heterocycles. The number of fused-ring (bicyclic) bond motifs is 1. The number of hydrogen-bond donors (Lipinski definition) is 3. The van der Waals surface area contributed by atoms with Gasteiger partial charge in [-0.25, -0.2) is 4.98 Å². The van der Waals surface area contributed by atoms with E-state index in [-0.39, 0.29) is 11.1 Å². The molecule has 7 nitrogen and oxygen atoms in total. The van der Waals surface area contributed by atoms with Gasteiger partial charge in [0.15, 0.2) is 10.8 Å². The van der Waals surface area contributed by atoms with Gasteiger partial charge in [0.2, 0.25) is 5.95 Å². The first-order chi connectivity index (χ1) is 10.0. The molecular weight excluding hydrogens is 360 g/mol. The van der Waals surface area contributed by atoms with E-state index in [4.69, 9.17) is 17.3 Å². The molecule has 21 heavy (non-hydrogen) atoms. The number of aromatic amines is 1. The zero-order valence-corrected chi connectivity index (χ0v) is 12.7. The van der Waals surface area contributed by atoms with Crippen molar-refractivity contribution in [2.24, 2.45) is 0 Å². The van der Waals surface area contributed by atoms with E-state index in [1.807, 2.05) is 0 Å². The van der Waals surface area contributed by atoms with Gasteiger partial charge in [-0.05, 0) is 18.2 Å². The molecule has 0 saturated carbocycles. The molecule has 9 heteroatoms. The second-order valence-electron chi connectivity index (χ2n) is 4.17. The molecule has 3 rings (SSSR count). The van der Waals surface area contributed by atoms with Crippen LogP contribution < -0.4 is 11.1 Å². The van der Waals surface area contributed by atoms with E-state index in [1.165, 1.54) is 6.33 Å². The number of benzene rings is 1. The van der Waals surface area contributed by atoms with Gasteiger partial charge in [-0.15, -0.1) is 0 Å². The average Bonchev–Trinajstić information content (AvgIpc) is 2.86. The number of imidazole rings is 1. The molecule has 1 aromatic carbocycles. The Morgan fingerprint density at radius 3 is 2.90 bits per heavy atom. The molecule has 0 spiro atoms. The number of carbonyl (C=O) groups excluding carboxylic acids is 1. The molecule has 4 N–H and O–H groups in total. The van der Waals surface area contributed by atoms with Crippen molar-refractivity contribution in [2.75, 3.05) is 11.1 Å². The van der Waals surface area contributed by atoms with Crippen LogP contribution in [0, 0.1) is 0 Å². The zero-order chi connectivity index (χ0) is 15.0. The number of nitrogens with two attached hydrogens (primary N) is 1. The molecule has 2 aromatic heterocycles. The smallest absolute Gasteiger partial charge is 0.258 e. The summed E-state index contributed by atoms with van der Waals surface area (Å²) in [4.78, 5) is 27.0. The lowest BCUT2D eigenvalue weighted by atomic mass is 10.2. The van der Waals surface area contributed by atoms with Crippen LogP contribution in [0.2, 0.25) is 5.15 Å². The van der Waals surface area contributed by atoms with Crippen LogP contribution in [0.1, 0.15) is 10.4 Å². The van der Waals surface area contributed by atoms with Crippen molar-refractivity contribution >= 4 is 56.2 Å². The quantitative estimate of drug-likeness (QED) is 0.476. The summed E-state index contributed by atoms with van der Waals surface area (Å²) in [6, 6.07) is 4.88. The van der Waals surface area contributed by atoms with Crippen molar-refractivity contribution in [1.29, 1.82) is 0 Å². The Kier molecular flexibility index (Phi) is 3.48. The molecule has 0 fully saturated rings. The van der Waals surface area contributed by atoms with Crippen LogP contribution in [0.4, 0.5) is 11.6 Å². The Balaban J connectivity index is 1.92. The topological polar surface area (TPSA) is 110 Å². The minimum Gasteiger partial charge on any atom is -0.399 e. The zero-order valence-electron chi connectivity index (χ0n) is 10.4. The second-order valence-corrected chi connectivity index (χ2v) is 5.44. The van der Waals surface area contributed by atoms with E-state index in [0.29, 0.717) is 26.9 Å². The summed E-state index contributed by atoms with van der Waals surface area (Å²) >= 11 is 9.26. The van der Waals surface area contributed by atoms with E-state index in [9.17, 15) is 4.79 Å². The van der Waals surface area contributed by atoms with Crippen LogP contribution in [0.5, 0.6) is 0 Å². The minimum absolute atomic E-state index is 0.0724. The molecular formula is C12H8BrClN6O. The fourth-order valence-corrected chi connectivity index (χ4v) is 2.50. The number of anilines is 2. The van der Waals surface area contributed by atoms with E-state index < -0.39 is 5.91 Å². The van der Waals surface area contributed by atoms with Crippen molar-refractivity contribution in [3.8, 4) is 0 Å². The highest BCUT2D eigenvalue weighted by Crippen LogP contribution is 2.20. The van der Waals surface area contributed by atoms with Gasteiger partial charge < -0.3 is 10.7 Å². The van der Waals surface area contributed by atoms with E-state index in [2.05, 4.69) is 41.2 Å². The second kappa shape index (κ2) is 5.30. The van der Waals surface area contributed by atoms with Gasteiger partial charge in [0.05, 0.1) is 6.33 Å². The van der Waals surface area contributed by atoms with Gasteiger partial charge in [-0.3, -0.25) is 10.1 Å². The number of hydrogen-bond acceptors (Lipinski definition) is 5. The number of nitrogen functional groups attached to an aromatic ring is 1. The number of halogens is 2. The molecule has 1 amide bonds. The summed E-state index contributed by atoms with van der Waals surface area (Å²) in [6.45, 7) is 0. The van der Waals surface area contributed by atoms with Crippen LogP contribution in [-0.4, -0.2) is 25.8 Å². The van der Waals surface area contributed by atoms with Crippen LogP contribution in [0.25, 0.3) is 11.2 Å². The van der Waals surface area contributed by atoms with Crippen molar-refractivity contribution in [2.45, 2.75) is 0 Å². The first-order valence-corrected chi connectivity index (χ1v) is 6.94. The maximum Gasteiger partial charge on any atom is 0.258 e. The Morgan fingerprint density at radius 1 is 1.33 bits per heavy atom. The molecule has 0 aliphatic rings. The highest BCUT2D eigenvalue weighted by Gasteiger charge is 2.12.